The van der Waals surface area contributed by atoms with Gasteiger partial charge in [0.25, 0.3) is 5.56 Å². The molecule has 1 aromatic carbocycles. The Morgan fingerprint density at radius 2 is 2.07 bits per heavy atom. The summed E-state index contributed by atoms with van der Waals surface area (Å²) >= 11 is 0. The average molecular weight is 412 g/mol. The van der Waals surface area contributed by atoms with Gasteiger partial charge < -0.3 is 19.3 Å². The number of nitrogens with one attached hydrogen (secondary N) is 1. The molecule has 1 N–H and O–H groups in total. The van der Waals surface area contributed by atoms with Crippen molar-refractivity contribution in [2.75, 3.05) is 49.8 Å². The zero-order valence-electron chi connectivity index (χ0n) is 17.6. The first-order valence-corrected chi connectivity index (χ1v) is 10.5. The second kappa shape index (κ2) is 8.87. The van der Waals surface area contributed by atoms with E-state index in [0.29, 0.717) is 62.2 Å². The van der Waals surface area contributed by atoms with Crippen LogP contribution < -0.4 is 20.1 Å². The highest BCUT2D eigenvalue weighted by atomic mass is 16.5. The quantitative estimate of drug-likeness (QED) is 0.806. The number of H-pyrrole nitrogens is 1. The topological polar surface area (TPSA) is 87.8 Å². The molecular weight excluding hydrogens is 384 g/mol. The Balaban J connectivity index is 1.49. The summed E-state index contributed by atoms with van der Waals surface area (Å²) < 4.78 is 10.8. The number of methoxy groups -OCH3 is 1. The normalized spacial score (nSPS) is 16.3. The zero-order chi connectivity index (χ0) is 21.1. The summed E-state index contributed by atoms with van der Waals surface area (Å²) in [6, 6.07) is 5.88. The van der Waals surface area contributed by atoms with Crippen molar-refractivity contribution >= 4 is 17.5 Å². The molecule has 2 aromatic rings. The van der Waals surface area contributed by atoms with Gasteiger partial charge in [0, 0.05) is 37.3 Å². The highest BCUT2D eigenvalue weighted by molar-refractivity contribution is 5.96. The molecule has 0 radical (unpaired) electrons. The minimum Gasteiger partial charge on any atom is -0.495 e. The van der Waals surface area contributed by atoms with Crippen molar-refractivity contribution in [3.05, 3.63) is 45.4 Å². The lowest BCUT2D eigenvalue weighted by Crippen LogP contribution is -2.39. The van der Waals surface area contributed by atoms with E-state index in [0.717, 1.165) is 24.1 Å². The molecule has 30 heavy (non-hydrogen) atoms. The summed E-state index contributed by atoms with van der Waals surface area (Å²) in [6.07, 6.45) is 2.46. The van der Waals surface area contributed by atoms with Gasteiger partial charge in [0.15, 0.2) is 0 Å². The maximum absolute atomic E-state index is 13.1. The molecule has 1 amide bonds. The Hall–Kier alpha value is -2.87. The first-order chi connectivity index (χ1) is 14.6. The first-order valence-electron chi connectivity index (χ1n) is 10.5. The van der Waals surface area contributed by atoms with Gasteiger partial charge in [0.2, 0.25) is 11.9 Å². The van der Waals surface area contributed by atoms with E-state index in [2.05, 4.69) is 9.97 Å². The molecule has 1 aromatic heterocycles. The van der Waals surface area contributed by atoms with Crippen LogP contribution in [0.3, 0.4) is 0 Å². The highest BCUT2D eigenvalue weighted by Gasteiger charge is 2.26. The number of fused-ring (bicyclic) bond motifs is 1. The van der Waals surface area contributed by atoms with Crippen LogP contribution in [0.2, 0.25) is 0 Å². The number of para-hydroxylation sites is 1. The van der Waals surface area contributed by atoms with Gasteiger partial charge in [0.1, 0.15) is 5.75 Å². The lowest BCUT2D eigenvalue weighted by molar-refractivity contribution is -0.118. The number of rotatable bonds is 5. The maximum Gasteiger partial charge on any atom is 0.255 e. The van der Waals surface area contributed by atoms with Gasteiger partial charge in [-0.05, 0) is 37.8 Å². The maximum atomic E-state index is 13.1. The van der Waals surface area contributed by atoms with Crippen LogP contribution in [0.1, 0.15) is 29.7 Å². The van der Waals surface area contributed by atoms with Crippen molar-refractivity contribution in [3.8, 4) is 5.75 Å². The SMILES string of the molecule is COc1cccc2c1N(C(=O)CCc1c(C)nc(N3CCOCC3)[nH]c1=O)CCC2. The molecule has 2 aliphatic rings. The van der Waals surface area contributed by atoms with Gasteiger partial charge >= 0.3 is 0 Å². The molecule has 0 bridgehead atoms. The van der Waals surface area contributed by atoms with Gasteiger partial charge in [-0.1, -0.05) is 12.1 Å². The van der Waals surface area contributed by atoms with Crippen LogP contribution in [-0.4, -0.2) is 55.8 Å². The fraction of sp³-hybridized carbons (Fsp3) is 0.500. The van der Waals surface area contributed by atoms with Crippen molar-refractivity contribution in [1.29, 1.82) is 0 Å². The number of aromatic nitrogens is 2. The minimum absolute atomic E-state index is 0.00324. The number of hydrogen-bond acceptors (Lipinski definition) is 6. The van der Waals surface area contributed by atoms with Gasteiger partial charge in [-0.3, -0.25) is 14.6 Å². The molecule has 160 valence electrons. The molecule has 1 saturated heterocycles. The Kier molecular flexibility index (Phi) is 6.03. The number of amides is 1. The molecule has 0 spiro atoms. The molecule has 3 heterocycles. The van der Waals surface area contributed by atoms with Crippen molar-refractivity contribution < 1.29 is 14.3 Å². The lowest BCUT2D eigenvalue weighted by atomic mass is 10.00. The van der Waals surface area contributed by atoms with Crippen LogP contribution in [0.25, 0.3) is 0 Å². The van der Waals surface area contributed by atoms with Crippen molar-refractivity contribution in [3.63, 3.8) is 0 Å². The number of anilines is 2. The number of carbonyl (C=O) groups excluding carboxylic acids is 1. The van der Waals surface area contributed by atoms with Crippen LogP contribution in [0.5, 0.6) is 5.75 Å². The molecule has 4 rings (SSSR count). The molecule has 0 saturated carbocycles. The molecule has 0 atom stereocenters. The number of hydrogen-bond donors (Lipinski definition) is 1. The van der Waals surface area contributed by atoms with E-state index in [-0.39, 0.29) is 17.9 Å². The van der Waals surface area contributed by atoms with E-state index in [1.165, 1.54) is 0 Å². The number of benzene rings is 1. The van der Waals surface area contributed by atoms with Gasteiger partial charge in [-0.25, -0.2) is 4.98 Å². The summed E-state index contributed by atoms with van der Waals surface area (Å²) in [5, 5.41) is 0. The Morgan fingerprint density at radius 1 is 1.27 bits per heavy atom. The Morgan fingerprint density at radius 3 is 2.80 bits per heavy atom. The fourth-order valence-corrected chi connectivity index (χ4v) is 4.21. The molecule has 2 aliphatic heterocycles. The van der Waals surface area contributed by atoms with Crippen LogP contribution >= 0.6 is 0 Å². The second-order valence-electron chi connectivity index (χ2n) is 7.67. The van der Waals surface area contributed by atoms with Crippen molar-refractivity contribution in [2.24, 2.45) is 0 Å². The van der Waals surface area contributed by atoms with Crippen molar-refractivity contribution in [2.45, 2.75) is 32.6 Å². The largest absolute Gasteiger partial charge is 0.495 e. The molecular formula is C22H28N4O4. The minimum atomic E-state index is -0.173. The Labute approximate surface area is 175 Å². The van der Waals surface area contributed by atoms with Crippen LogP contribution in [0, 0.1) is 6.92 Å². The molecule has 0 unspecified atom stereocenters. The third kappa shape index (κ3) is 4.05. The summed E-state index contributed by atoms with van der Waals surface area (Å²) in [4.78, 5) is 37.0. The van der Waals surface area contributed by atoms with Gasteiger partial charge in [0.05, 0.1) is 26.0 Å². The number of ether oxygens (including phenoxy) is 2. The first kappa shape index (κ1) is 20.4. The summed E-state index contributed by atoms with van der Waals surface area (Å²) in [6.45, 7) is 5.15. The monoisotopic (exact) mass is 412 g/mol. The fourth-order valence-electron chi connectivity index (χ4n) is 4.21. The van der Waals surface area contributed by atoms with E-state index >= 15 is 0 Å². The Bertz CT molecular complexity index is 967. The molecule has 1 fully saturated rings. The van der Waals surface area contributed by atoms with Gasteiger partial charge in [-0.2, -0.15) is 0 Å². The average Bonchev–Trinajstić information content (AvgIpc) is 2.78. The van der Waals surface area contributed by atoms with E-state index in [4.69, 9.17) is 9.47 Å². The molecule has 8 heteroatoms. The smallest absolute Gasteiger partial charge is 0.255 e. The lowest BCUT2D eigenvalue weighted by Gasteiger charge is -2.31. The number of carbonyl (C=O) groups is 1. The third-order valence-corrected chi connectivity index (χ3v) is 5.81. The van der Waals surface area contributed by atoms with E-state index < -0.39 is 0 Å². The van der Waals surface area contributed by atoms with E-state index in [1.807, 2.05) is 30.0 Å². The number of nitrogens with zero attached hydrogens (tertiary/aromatic N) is 3. The summed E-state index contributed by atoms with van der Waals surface area (Å²) in [5.41, 5.74) is 3.05. The number of aromatic amines is 1. The summed E-state index contributed by atoms with van der Waals surface area (Å²) in [5.74, 6) is 1.29. The predicted molar refractivity (Wildman–Crippen MR) is 115 cm³/mol. The van der Waals surface area contributed by atoms with E-state index in [1.54, 1.807) is 12.0 Å². The van der Waals surface area contributed by atoms with Crippen LogP contribution in [0.15, 0.2) is 23.0 Å². The van der Waals surface area contributed by atoms with Crippen LogP contribution in [-0.2, 0) is 22.4 Å². The van der Waals surface area contributed by atoms with E-state index in [9.17, 15) is 9.59 Å². The van der Waals surface area contributed by atoms with Crippen molar-refractivity contribution in [1.82, 2.24) is 9.97 Å². The van der Waals surface area contributed by atoms with Crippen LogP contribution in [0.4, 0.5) is 11.6 Å². The molecule has 8 nitrogen and oxygen atoms in total. The third-order valence-electron chi connectivity index (χ3n) is 5.81. The predicted octanol–water partition coefficient (Wildman–Crippen LogP) is 1.84. The summed E-state index contributed by atoms with van der Waals surface area (Å²) in [7, 11) is 1.62. The number of morpholine rings is 1. The molecule has 0 aliphatic carbocycles. The zero-order valence-corrected chi connectivity index (χ0v) is 17.6. The highest BCUT2D eigenvalue weighted by Crippen LogP contribution is 2.36. The number of aryl methyl sites for hydroxylation is 2. The second-order valence-corrected chi connectivity index (χ2v) is 7.67. The van der Waals surface area contributed by atoms with Gasteiger partial charge in [-0.15, -0.1) is 0 Å². The standard InChI is InChI=1S/C22H28N4O4/c1-15-17(21(28)24-22(23-15)25-11-13-30-14-12-25)8-9-19(27)26-10-4-6-16-5-3-7-18(29-2)20(16)26/h3,5,7H,4,6,8-14H2,1-2H3,(H,23,24,28).